The monoisotopic (exact) mass is 310 g/mol. The number of benzene rings is 1. The second kappa shape index (κ2) is 7.39. The smallest absolute Gasteiger partial charge is 0.323 e. The molecule has 1 unspecified atom stereocenters. The molecule has 0 aliphatic heterocycles. The largest absolute Gasteiger partial charge is 0.490 e. The Labute approximate surface area is 127 Å². The summed E-state index contributed by atoms with van der Waals surface area (Å²) in [5.41, 5.74) is -0.290. The molecule has 1 aromatic rings. The van der Waals surface area contributed by atoms with Crippen LogP contribution in [0.2, 0.25) is 0 Å². The van der Waals surface area contributed by atoms with Crippen LogP contribution in [0.1, 0.15) is 30.6 Å². The van der Waals surface area contributed by atoms with E-state index in [2.05, 4.69) is 0 Å². The average molecular weight is 310 g/mol. The zero-order valence-corrected chi connectivity index (χ0v) is 12.6. The van der Waals surface area contributed by atoms with E-state index in [-0.39, 0.29) is 23.0 Å². The first-order chi connectivity index (χ1) is 10.3. The summed E-state index contributed by atoms with van der Waals surface area (Å²) in [7, 11) is 1.29. The van der Waals surface area contributed by atoms with E-state index < -0.39 is 23.3 Å². The molecular formula is C14H18N2O6. The van der Waals surface area contributed by atoms with E-state index in [1.54, 1.807) is 6.92 Å². The Hall–Kier alpha value is -2.64. The van der Waals surface area contributed by atoms with Gasteiger partial charge in [-0.25, -0.2) is 0 Å². The molecular weight excluding hydrogens is 292 g/mol. The van der Waals surface area contributed by atoms with E-state index in [1.165, 1.54) is 24.1 Å². The molecule has 1 amide bonds. The Bertz CT molecular complexity index is 587. The maximum atomic E-state index is 12.5. The fraction of sp³-hybridized carbons (Fsp3) is 0.429. The van der Waals surface area contributed by atoms with Crippen molar-refractivity contribution < 1.29 is 24.4 Å². The molecule has 0 aliphatic rings. The van der Waals surface area contributed by atoms with Gasteiger partial charge in [0.05, 0.1) is 12.0 Å². The van der Waals surface area contributed by atoms with Gasteiger partial charge in [0.15, 0.2) is 5.75 Å². The Balaban J connectivity index is 3.21. The van der Waals surface area contributed by atoms with Crippen LogP contribution >= 0.6 is 0 Å². The molecule has 0 saturated carbocycles. The summed E-state index contributed by atoms with van der Waals surface area (Å²) in [4.78, 5) is 34.9. The van der Waals surface area contributed by atoms with Gasteiger partial charge in [0.25, 0.3) is 5.91 Å². The standard InChI is InChI=1S/C14H18N2O6/c1-4-9(2)15(8-13(17)18)14(19)10-5-6-12(22-3)11(7-10)16(20)21/h5-7,9H,4,8H2,1-3H3,(H,17,18). The highest BCUT2D eigenvalue weighted by Gasteiger charge is 2.25. The summed E-state index contributed by atoms with van der Waals surface area (Å²) in [5.74, 6) is -1.67. The van der Waals surface area contributed by atoms with Gasteiger partial charge in [-0.05, 0) is 25.5 Å². The van der Waals surface area contributed by atoms with Crippen molar-refractivity contribution in [3.63, 3.8) is 0 Å². The molecule has 22 heavy (non-hydrogen) atoms. The molecule has 8 nitrogen and oxygen atoms in total. The summed E-state index contributed by atoms with van der Waals surface area (Å²) >= 11 is 0. The number of methoxy groups -OCH3 is 1. The molecule has 1 aromatic carbocycles. The molecule has 1 N–H and O–H groups in total. The molecule has 0 saturated heterocycles. The molecule has 0 aliphatic carbocycles. The minimum absolute atomic E-state index is 0.0369. The molecule has 0 heterocycles. The SMILES string of the molecule is CCC(C)N(CC(=O)O)C(=O)c1ccc(OC)c([N+](=O)[O-])c1. The van der Waals surface area contributed by atoms with Crippen molar-refractivity contribution in [2.24, 2.45) is 0 Å². The average Bonchev–Trinajstić information content (AvgIpc) is 2.50. The molecule has 0 fully saturated rings. The first-order valence-electron chi connectivity index (χ1n) is 6.67. The highest BCUT2D eigenvalue weighted by atomic mass is 16.6. The summed E-state index contributed by atoms with van der Waals surface area (Å²) < 4.78 is 4.87. The number of hydrogen-bond acceptors (Lipinski definition) is 5. The third-order valence-electron chi connectivity index (χ3n) is 3.31. The lowest BCUT2D eigenvalue weighted by atomic mass is 10.1. The van der Waals surface area contributed by atoms with Crippen molar-refractivity contribution in [2.75, 3.05) is 13.7 Å². The number of aliphatic carboxylic acids is 1. The van der Waals surface area contributed by atoms with Crippen molar-refractivity contribution in [2.45, 2.75) is 26.3 Å². The van der Waals surface area contributed by atoms with Crippen LogP contribution in [0.5, 0.6) is 5.75 Å². The summed E-state index contributed by atoms with van der Waals surface area (Å²) in [6.07, 6.45) is 0.567. The molecule has 1 atom stereocenters. The van der Waals surface area contributed by atoms with Gasteiger partial charge in [-0.2, -0.15) is 0 Å². The van der Waals surface area contributed by atoms with Crippen LogP contribution in [-0.2, 0) is 4.79 Å². The maximum absolute atomic E-state index is 12.5. The molecule has 0 aromatic heterocycles. The van der Waals surface area contributed by atoms with Crippen LogP contribution in [0.4, 0.5) is 5.69 Å². The van der Waals surface area contributed by atoms with Crippen molar-refractivity contribution in [3.05, 3.63) is 33.9 Å². The zero-order chi connectivity index (χ0) is 16.9. The van der Waals surface area contributed by atoms with Gasteiger partial charge < -0.3 is 14.7 Å². The number of carbonyl (C=O) groups is 2. The van der Waals surface area contributed by atoms with Gasteiger partial charge in [0.1, 0.15) is 6.54 Å². The highest BCUT2D eigenvalue weighted by Crippen LogP contribution is 2.28. The number of nitro benzene ring substituents is 1. The third kappa shape index (κ3) is 3.94. The number of carboxylic acid groups (broad SMARTS) is 1. The van der Waals surface area contributed by atoms with Gasteiger partial charge in [-0.15, -0.1) is 0 Å². The number of carbonyl (C=O) groups excluding carboxylic acids is 1. The predicted molar refractivity (Wildman–Crippen MR) is 78.1 cm³/mol. The predicted octanol–water partition coefficient (Wildman–Crippen LogP) is 1.93. The Morgan fingerprint density at radius 2 is 2.09 bits per heavy atom. The van der Waals surface area contributed by atoms with Crippen LogP contribution in [0.15, 0.2) is 18.2 Å². The van der Waals surface area contributed by atoms with Crippen molar-refractivity contribution in [3.8, 4) is 5.75 Å². The lowest BCUT2D eigenvalue weighted by molar-refractivity contribution is -0.385. The molecule has 0 bridgehead atoms. The van der Waals surface area contributed by atoms with E-state index in [1.807, 2.05) is 6.92 Å². The van der Waals surface area contributed by atoms with Gasteiger partial charge in [0, 0.05) is 17.7 Å². The van der Waals surface area contributed by atoms with Gasteiger partial charge in [0.2, 0.25) is 0 Å². The fourth-order valence-electron chi connectivity index (χ4n) is 1.93. The topological polar surface area (TPSA) is 110 Å². The highest BCUT2D eigenvalue weighted by molar-refractivity contribution is 5.97. The summed E-state index contributed by atoms with van der Waals surface area (Å²) in [6, 6.07) is 3.50. The van der Waals surface area contributed by atoms with Crippen LogP contribution in [0.25, 0.3) is 0 Å². The van der Waals surface area contributed by atoms with E-state index in [9.17, 15) is 19.7 Å². The van der Waals surface area contributed by atoms with Crippen LogP contribution in [0.3, 0.4) is 0 Å². The number of nitro groups is 1. The fourth-order valence-corrected chi connectivity index (χ4v) is 1.93. The number of rotatable bonds is 7. The first kappa shape index (κ1) is 17.4. The molecule has 1 rings (SSSR count). The van der Waals surface area contributed by atoms with Gasteiger partial charge >= 0.3 is 11.7 Å². The van der Waals surface area contributed by atoms with E-state index in [0.717, 1.165) is 6.07 Å². The van der Waals surface area contributed by atoms with Crippen LogP contribution in [0, 0.1) is 10.1 Å². The van der Waals surface area contributed by atoms with Crippen molar-refractivity contribution >= 4 is 17.6 Å². The normalized spacial score (nSPS) is 11.6. The molecule has 0 spiro atoms. The summed E-state index contributed by atoms with van der Waals surface area (Å²) in [6.45, 7) is 3.08. The lowest BCUT2D eigenvalue weighted by Crippen LogP contribution is -2.41. The molecule has 120 valence electrons. The van der Waals surface area contributed by atoms with E-state index in [0.29, 0.717) is 6.42 Å². The van der Waals surface area contributed by atoms with Gasteiger partial charge in [-0.1, -0.05) is 6.92 Å². The van der Waals surface area contributed by atoms with Crippen molar-refractivity contribution in [1.82, 2.24) is 4.90 Å². The lowest BCUT2D eigenvalue weighted by Gasteiger charge is -2.27. The van der Waals surface area contributed by atoms with Crippen LogP contribution in [-0.4, -0.2) is 46.5 Å². The molecule has 8 heteroatoms. The number of amides is 1. The Kier molecular flexibility index (Phi) is 5.85. The summed E-state index contributed by atoms with van der Waals surface area (Å²) in [5, 5.41) is 19.9. The number of hydrogen-bond donors (Lipinski definition) is 1. The zero-order valence-electron chi connectivity index (χ0n) is 12.6. The van der Waals surface area contributed by atoms with Crippen LogP contribution < -0.4 is 4.74 Å². The first-order valence-corrected chi connectivity index (χ1v) is 6.67. The quantitative estimate of drug-likeness (QED) is 0.608. The Morgan fingerprint density at radius 1 is 1.45 bits per heavy atom. The van der Waals surface area contributed by atoms with Crippen molar-refractivity contribution in [1.29, 1.82) is 0 Å². The Morgan fingerprint density at radius 3 is 2.55 bits per heavy atom. The second-order valence-corrected chi connectivity index (χ2v) is 4.73. The minimum atomic E-state index is -1.14. The number of carboxylic acids is 1. The minimum Gasteiger partial charge on any atom is -0.490 e. The van der Waals surface area contributed by atoms with E-state index >= 15 is 0 Å². The number of nitrogens with zero attached hydrogens (tertiary/aromatic N) is 2. The third-order valence-corrected chi connectivity index (χ3v) is 3.31. The maximum Gasteiger partial charge on any atom is 0.323 e. The van der Waals surface area contributed by atoms with E-state index in [4.69, 9.17) is 9.84 Å². The number of ether oxygens (including phenoxy) is 1. The molecule has 0 radical (unpaired) electrons. The van der Waals surface area contributed by atoms with Gasteiger partial charge in [-0.3, -0.25) is 19.7 Å². The second-order valence-electron chi connectivity index (χ2n) is 4.73.